The lowest BCUT2D eigenvalue weighted by molar-refractivity contribution is 0.146. The highest BCUT2D eigenvalue weighted by atomic mass is 16.2. The Kier molecular flexibility index (Phi) is 4.94. The van der Waals surface area contributed by atoms with E-state index in [0.717, 1.165) is 49.1 Å². The minimum absolute atomic E-state index is 0.0892. The van der Waals surface area contributed by atoms with Crippen LogP contribution >= 0.6 is 0 Å². The molecule has 1 saturated heterocycles. The molecule has 5 rings (SSSR count). The number of aliphatic imine (C=N–C) groups is 1. The quantitative estimate of drug-likeness (QED) is 0.778. The highest BCUT2D eigenvalue weighted by Gasteiger charge is 2.46. The van der Waals surface area contributed by atoms with Crippen LogP contribution in [0.1, 0.15) is 51.0 Å². The van der Waals surface area contributed by atoms with E-state index in [2.05, 4.69) is 41.8 Å². The number of fused-ring (bicyclic) bond motifs is 2. The van der Waals surface area contributed by atoms with Gasteiger partial charge in [0.2, 0.25) is 0 Å². The zero-order chi connectivity index (χ0) is 19.8. The second kappa shape index (κ2) is 7.73. The zero-order valence-corrected chi connectivity index (χ0v) is 17.2. The number of nitrogens with one attached hydrogen (secondary N) is 2. The Bertz CT molecular complexity index is 827. The molecule has 0 spiro atoms. The summed E-state index contributed by atoms with van der Waals surface area (Å²) in [6.45, 7) is 3.57. The SMILES string of the molecule is CCCN1C(=O)N2C[C@@H](Cc3ccccc3)NC2=C2NC(CC3CCCC3)=NC21. The number of amides is 2. The molecule has 1 unspecified atom stereocenters. The van der Waals surface area contributed by atoms with Crippen LogP contribution in [0.5, 0.6) is 0 Å². The Hall–Kier alpha value is -2.50. The summed E-state index contributed by atoms with van der Waals surface area (Å²) >= 11 is 0. The first kappa shape index (κ1) is 18.5. The zero-order valence-electron chi connectivity index (χ0n) is 17.2. The summed E-state index contributed by atoms with van der Waals surface area (Å²) in [7, 11) is 0. The molecule has 0 radical (unpaired) electrons. The first-order valence-corrected chi connectivity index (χ1v) is 11.2. The summed E-state index contributed by atoms with van der Waals surface area (Å²) in [6.07, 6.45) is 7.96. The molecule has 3 aliphatic heterocycles. The second-order valence-electron chi connectivity index (χ2n) is 8.81. The van der Waals surface area contributed by atoms with Crippen molar-refractivity contribution in [2.24, 2.45) is 10.9 Å². The molecule has 0 aromatic heterocycles. The molecule has 1 aromatic rings. The first-order valence-electron chi connectivity index (χ1n) is 11.2. The van der Waals surface area contributed by atoms with Crippen molar-refractivity contribution in [3.63, 3.8) is 0 Å². The van der Waals surface area contributed by atoms with E-state index in [1.807, 2.05) is 15.9 Å². The molecule has 1 aliphatic carbocycles. The maximum Gasteiger partial charge on any atom is 0.327 e. The first-order chi connectivity index (χ1) is 14.2. The molecular weight excluding hydrogens is 362 g/mol. The molecule has 154 valence electrons. The summed E-state index contributed by atoms with van der Waals surface area (Å²) in [6, 6.07) is 10.8. The maximum atomic E-state index is 13.3. The van der Waals surface area contributed by atoms with Crippen molar-refractivity contribution in [1.82, 2.24) is 20.4 Å². The number of rotatable bonds is 6. The lowest BCUT2D eigenvalue weighted by Crippen LogP contribution is -2.53. The molecule has 3 heterocycles. The predicted octanol–water partition coefficient (Wildman–Crippen LogP) is 3.43. The molecule has 2 atom stereocenters. The van der Waals surface area contributed by atoms with Crippen LogP contribution in [0.4, 0.5) is 4.79 Å². The van der Waals surface area contributed by atoms with Crippen molar-refractivity contribution < 1.29 is 4.79 Å². The van der Waals surface area contributed by atoms with E-state index in [9.17, 15) is 4.79 Å². The molecule has 1 saturated carbocycles. The average Bonchev–Trinajstić information content (AvgIpc) is 3.46. The molecule has 2 fully saturated rings. The number of hydrogen-bond donors (Lipinski definition) is 2. The number of carbonyl (C=O) groups is 1. The van der Waals surface area contributed by atoms with E-state index in [0.29, 0.717) is 6.54 Å². The Morgan fingerprint density at radius 3 is 2.69 bits per heavy atom. The van der Waals surface area contributed by atoms with Crippen LogP contribution in [0.2, 0.25) is 0 Å². The third-order valence-electron chi connectivity index (χ3n) is 6.60. The third kappa shape index (κ3) is 3.49. The van der Waals surface area contributed by atoms with Gasteiger partial charge in [-0.25, -0.2) is 9.79 Å². The van der Waals surface area contributed by atoms with Gasteiger partial charge in [0.15, 0.2) is 6.17 Å². The summed E-state index contributed by atoms with van der Waals surface area (Å²) in [4.78, 5) is 22.1. The standard InChI is InChI=1S/C23H31N5O/c1-2-12-27-22-20(25-19(26-22)14-17-10-6-7-11-17)21-24-18(15-28(21)23(27)29)13-16-8-4-3-5-9-16/h3-5,8-9,17-18,22,24H,2,6-7,10-15H2,1H3,(H,25,26)/t18-,22?/m1/s1. The molecule has 2 amide bonds. The van der Waals surface area contributed by atoms with Gasteiger partial charge in [0.25, 0.3) is 0 Å². The molecule has 6 nitrogen and oxygen atoms in total. The molecule has 2 N–H and O–H groups in total. The van der Waals surface area contributed by atoms with Crippen LogP contribution in [0, 0.1) is 5.92 Å². The predicted molar refractivity (Wildman–Crippen MR) is 114 cm³/mol. The minimum atomic E-state index is -0.187. The van der Waals surface area contributed by atoms with Crippen molar-refractivity contribution >= 4 is 11.9 Å². The fourth-order valence-electron chi connectivity index (χ4n) is 5.22. The normalized spacial score (nSPS) is 26.4. The molecule has 29 heavy (non-hydrogen) atoms. The van der Waals surface area contributed by atoms with Gasteiger partial charge in [-0.1, -0.05) is 62.9 Å². The van der Waals surface area contributed by atoms with Gasteiger partial charge >= 0.3 is 6.03 Å². The molecule has 0 bridgehead atoms. The van der Waals surface area contributed by atoms with Crippen molar-refractivity contribution in [2.75, 3.05) is 13.1 Å². The Morgan fingerprint density at radius 2 is 1.93 bits per heavy atom. The molecule has 6 heteroatoms. The minimum Gasteiger partial charge on any atom is -0.365 e. The molecule has 4 aliphatic rings. The topological polar surface area (TPSA) is 60.0 Å². The maximum absolute atomic E-state index is 13.3. The number of carbonyl (C=O) groups excluding carboxylic acids is 1. The largest absolute Gasteiger partial charge is 0.365 e. The fraction of sp³-hybridized carbons (Fsp3) is 0.565. The number of nitrogens with zero attached hydrogens (tertiary/aromatic N) is 3. The van der Waals surface area contributed by atoms with E-state index in [1.165, 1.54) is 31.2 Å². The monoisotopic (exact) mass is 393 g/mol. The van der Waals surface area contributed by atoms with Crippen LogP contribution in [-0.2, 0) is 6.42 Å². The van der Waals surface area contributed by atoms with E-state index in [-0.39, 0.29) is 18.2 Å². The van der Waals surface area contributed by atoms with Crippen LogP contribution in [-0.4, -0.2) is 47.0 Å². The van der Waals surface area contributed by atoms with Crippen LogP contribution in [0.15, 0.2) is 46.8 Å². The van der Waals surface area contributed by atoms with Crippen LogP contribution < -0.4 is 10.6 Å². The number of benzene rings is 1. The summed E-state index contributed by atoms with van der Waals surface area (Å²) in [5.74, 6) is 2.74. The summed E-state index contributed by atoms with van der Waals surface area (Å²) < 4.78 is 0. The van der Waals surface area contributed by atoms with Crippen molar-refractivity contribution in [3.8, 4) is 0 Å². The van der Waals surface area contributed by atoms with Gasteiger partial charge in [0.05, 0.1) is 0 Å². The Labute approximate surface area is 173 Å². The number of urea groups is 1. The number of amidine groups is 1. The van der Waals surface area contributed by atoms with Gasteiger partial charge in [-0.3, -0.25) is 9.80 Å². The smallest absolute Gasteiger partial charge is 0.327 e. The average molecular weight is 394 g/mol. The van der Waals surface area contributed by atoms with Gasteiger partial charge in [-0.05, 0) is 24.3 Å². The highest BCUT2D eigenvalue weighted by molar-refractivity contribution is 5.90. The van der Waals surface area contributed by atoms with E-state index in [4.69, 9.17) is 4.99 Å². The molecular formula is C23H31N5O. The summed E-state index contributed by atoms with van der Waals surface area (Å²) in [5, 5.41) is 7.26. The second-order valence-corrected chi connectivity index (χ2v) is 8.81. The lowest BCUT2D eigenvalue weighted by atomic mass is 10.0. The van der Waals surface area contributed by atoms with Crippen LogP contribution in [0.25, 0.3) is 0 Å². The van der Waals surface area contributed by atoms with Crippen molar-refractivity contribution in [2.45, 2.75) is 64.1 Å². The van der Waals surface area contributed by atoms with Gasteiger partial charge in [0.1, 0.15) is 17.4 Å². The third-order valence-corrected chi connectivity index (χ3v) is 6.60. The van der Waals surface area contributed by atoms with Gasteiger partial charge in [0, 0.05) is 25.6 Å². The van der Waals surface area contributed by atoms with Crippen molar-refractivity contribution in [3.05, 3.63) is 47.4 Å². The van der Waals surface area contributed by atoms with Crippen LogP contribution in [0.3, 0.4) is 0 Å². The molecule has 1 aromatic carbocycles. The Morgan fingerprint density at radius 1 is 1.14 bits per heavy atom. The van der Waals surface area contributed by atoms with Crippen molar-refractivity contribution in [1.29, 1.82) is 0 Å². The highest BCUT2D eigenvalue weighted by Crippen LogP contribution is 2.34. The summed E-state index contributed by atoms with van der Waals surface area (Å²) in [5.41, 5.74) is 2.36. The van der Waals surface area contributed by atoms with E-state index in [1.54, 1.807) is 0 Å². The van der Waals surface area contributed by atoms with Gasteiger partial charge < -0.3 is 10.6 Å². The van der Waals surface area contributed by atoms with Gasteiger partial charge in [-0.15, -0.1) is 0 Å². The number of hydrogen-bond acceptors (Lipinski definition) is 4. The van der Waals surface area contributed by atoms with E-state index < -0.39 is 0 Å². The Balaban J connectivity index is 1.38. The fourth-order valence-corrected chi connectivity index (χ4v) is 5.22. The van der Waals surface area contributed by atoms with E-state index >= 15 is 0 Å². The lowest BCUT2D eigenvalue weighted by Gasteiger charge is -2.36. The van der Waals surface area contributed by atoms with Gasteiger partial charge in [-0.2, -0.15) is 0 Å².